The molecule has 0 aromatic rings. The molecule has 3 heteroatoms. The Hall–Kier alpha value is 0.370. The van der Waals surface area contributed by atoms with Gasteiger partial charge in [-0.1, -0.05) is 12.2 Å². The van der Waals surface area contributed by atoms with Gasteiger partial charge in [-0.3, -0.25) is 0 Å². The Bertz CT molecular complexity index is 79.8. The number of rotatable bonds is 1. The van der Waals surface area contributed by atoms with E-state index in [1.807, 2.05) is 0 Å². The average molecular weight is 182 g/mol. The molecule has 0 bridgehead atoms. The van der Waals surface area contributed by atoms with E-state index in [-0.39, 0.29) is 17.0 Å². The molecule has 42 valence electrons. The molecular formula is C4H8BrNS. The zero-order valence-electron chi connectivity index (χ0n) is 3.89. The lowest BCUT2D eigenvalue weighted by Crippen LogP contribution is -2.08. The summed E-state index contributed by atoms with van der Waals surface area (Å²) in [5, 5.41) is 0. The van der Waals surface area contributed by atoms with Gasteiger partial charge in [0, 0.05) is 5.92 Å². The summed E-state index contributed by atoms with van der Waals surface area (Å²) >= 11 is 4.66. The third-order valence-corrected chi connectivity index (χ3v) is 1.31. The Morgan fingerprint density at radius 1 is 1.57 bits per heavy atom. The van der Waals surface area contributed by atoms with Gasteiger partial charge >= 0.3 is 0 Å². The van der Waals surface area contributed by atoms with E-state index in [4.69, 9.17) is 5.73 Å². The number of nitrogens with two attached hydrogens (primary N) is 1. The van der Waals surface area contributed by atoms with Crippen LogP contribution in [0.5, 0.6) is 0 Å². The van der Waals surface area contributed by atoms with Crippen molar-refractivity contribution in [3.63, 3.8) is 0 Å². The third kappa shape index (κ3) is 2.24. The molecule has 1 aliphatic carbocycles. The Morgan fingerprint density at radius 3 is 2.00 bits per heavy atom. The molecule has 1 saturated carbocycles. The molecule has 0 aromatic carbocycles. The summed E-state index contributed by atoms with van der Waals surface area (Å²) in [6.07, 6.45) is 2.46. The summed E-state index contributed by atoms with van der Waals surface area (Å²) < 4.78 is 0. The standard InChI is InChI=1S/C4H7NS.BrH/c5-4(6)3-1-2-3;/h3H,1-2H2,(H2,5,6);1H. The van der Waals surface area contributed by atoms with Crippen molar-refractivity contribution >= 4 is 34.2 Å². The third-order valence-electron chi connectivity index (χ3n) is 0.980. The van der Waals surface area contributed by atoms with Crippen molar-refractivity contribution in [3.8, 4) is 0 Å². The van der Waals surface area contributed by atoms with E-state index in [9.17, 15) is 0 Å². The Kier molecular flexibility index (Phi) is 2.76. The maximum atomic E-state index is 5.23. The maximum absolute atomic E-state index is 5.23. The molecule has 0 saturated heterocycles. The van der Waals surface area contributed by atoms with Gasteiger partial charge in [0.05, 0.1) is 4.99 Å². The van der Waals surface area contributed by atoms with Crippen LogP contribution >= 0.6 is 29.2 Å². The van der Waals surface area contributed by atoms with E-state index in [2.05, 4.69) is 12.2 Å². The molecule has 1 aliphatic rings. The van der Waals surface area contributed by atoms with Crippen LogP contribution in [-0.2, 0) is 0 Å². The van der Waals surface area contributed by atoms with Crippen molar-refractivity contribution in [2.24, 2.45) is 11.7 Å². The quantitative estimate of drug-likeness (QED) is 0.618. The van der Waals surface area contributed by atoms with E-state index >= 15 is 0 Å². The molecule has 0 heterocycles. The first-order valence-corrected chi connectivity index (χ1v) is 2.51. The molecule has 1 fully saturated rings. The first-order valence-electron chi connectivity index (χ1n) is 2.10. The highest BCUT2D eigenvalue weighted by Crippen LogP contribution is 2.28. The normalized spacial score (nSPS) is 17.7. The number of thiocarbonyl (C=S) groups is 1. The smallest absolute Gasteiger partial charge is 0.0758 e. The molecule has 2 N–H and O–H groups in total. The average Bonchev–Trinajstić information content (AvgIpc) is 2.06. The van der Waals surface area contributed by atoms with Crippen LogP contribution in [0.3, 0.4) is 0 Å². The van der Waals surface area contributed by atoms with Crippen molar-refractivity contribution in [2.45, 2.75) is 12.8 Å². The predicted octanol–water partition coefficient (Wildman–Crippen LogP) is 1.26. The second kappa shape index (κ2) is 2.62. The van der Waals surface area contributed by atoms with Crippen LogP contribution in [-0.4, -0.2) is 4.99 Å². The lowest BCUT2D eigenvalue weighted by Gasteiger charge is -1.82. The van der Waals surface area contributed by atoms with Gasteiger partial charge in [0.15, 0.2) is 0 Å². The Morgan fingerprint density at radius 2 is 2.00 bits per heavy atom. The maximum Gasteiger partial charge on any atom is 0.0758 e. The SMILES string of the molecule is Br.NC(=S)C1CC1. The zero-order chi connectivity index (χ0) is 4.57. The molecule has 0 radical (unpaired) electrons. The second-order valence-electron chi connectivity index (χ2n) is 1.68. The van der Waals surface area contributed by atoms with Gasteiger partial charge in [0.1, 0.15) is 0 Å². The van der Waals surface area contributed by atoms with E-state index < -0.39 is 0 Å². The van der Waals surface area contributed by atoms with E-state index in [0.29, 0.717) is 10.9 Å². The summed E-state index contributed by atoms with van der Waals surface area (Å²) in [7, 11) is 0. The highest BCUT2D eigenvalue weighted by Gasteiger charge is 2.23. The topological polar surface area (TPSA) is 26.0 Å². The van der Waals surface area contributed by atoms with Gasteiger partial charge in [-0.15, -0.1) is 17.0 Å². The molecule has 0 aromatic heterocycles. The van der Waals surface area contributed by atoms with Crippen LogP contribution in [0.2, 0.25) is 0 Å². The monoisotopic (exact) mass is 181 g/mol. The lowest BCUT2D eigenvalue weighted by atomic mass is 10.4. The zero-order valence-corrected chi connectivity index (χ0v) is 6.41. The Labute approximate surface area is 59.0 Å². The van der Waals surface area contributed by atoms with Crippen LogP contribution in [0, 0.1) is 5.92 Å². The summed E-state index contributed by atoms with van der Waals surface area (Å²) in [5.74, 6) is 0.611. The van der Waals surface area contributed by atoms with Crippen molar-refractivity contribution in [2.75, 3.05) is 0 Å². The number of hydrogen-bond acceptors (Lipinski definition) is 1. The van der Waals surface area contributed by atoms with Crippen LogP contribution in [0.4, 0.5) is 0 Å². The van der Waals surface area contributed by atoms with Crippen LogP contribution in [0.25, 0.3) is 0 Å². The van der Waals surface area contributed by atoms with Crippen molar-refractivity contribution in [1.29, 1.82) is 0 Å². The highest BCUT2D eigenvalue weighted by atomic mass is 79.9. The number of halogens is 1. The van der Waals surface area contributed by atoms with Gasteiger partial charge < -0.3 is 5.73 Å². The molecule has 0 spiro atoms. The lowest BCUT2D eigenvalue weighted by molar-refractivity contribution is 1.20. The van der Waals surface area contributed by atoms with Crippen molar-refractivity contribution in [3.05, 3.63) is 0 Å². The molecule has 0 atom stereocenters. The van der Waals surface area contributed by atoms with E-state index in [0.717, 1.165) is 0 Å². The first-order chi connectivity index (χ1) is 2.80. The highest BCUT2D eigenvalue weighted by molar-refractivity contribution is 8.93. The molecule has 0 amide bonds. The first kappa shape index (κ1) is 7.37. The minimum atomic E-state index is 0. The second-order valence-corrected chi connectivity index (χ2v) is 2.15. The van der Waals surface area contributed by atoms with Crippen LogP contribution in [0.1, 0.15) is 12.8 Å². The molecule has 1 rings (SSSR count). The molecule has 7 heavy (non-hydrogen) atoms. The van der Waals surface area contributed by atoms with Gasteiger partial charge in [-0.05, 0) is 12.8 Å². The minimum absolute atomic E-state index is 0. The molecule has 1 nitrogen and oxygen atoms in total. The fraction of sp³-hybridized carbons (Fsp3) is 0.750. The van der Waals surface area contributed by atoms with Crippen molar-refractivity contribution < 1.29 is 0 Å². The fourth-order valence-electron chi connectivity index (χ4n) is 0.368. The molecular weight excluding hydrogens is 174 g/mol. The Balaban J connectivity index is 0.000000360. The van der Waals surface area contributed by atoms with Crippen LogP contribution < -0.4 is 5.73 Å². The van der Waals surface area contributed by atoms with Gasteiger partial charge in [0.25, 0.3) is 0 Å². The summed E-state index contributed by atoms with van der Waals surface area (Å²) in [5.41, 5.74) is 5.23. The van der Waals surface area contributed by atoms with Crippen LogP contribution in [0.15, 0.2) is 0 Å². The number of hydrogen-bond donors (Lipinski definition) is 1. The summed E-state index contributed by atoms with van der Waals surface area (Å²) in [6.45, 7) is 0. The minimum Gasteiger partial charge on any atom is -0.393 e. The van der Waals surface area contributed by atoms with E-state index in [1.54, 1.807) is 0 Å². The van der Waals surface area contributed by atoms with E-state index in [1.165, 1.54) is 12.8 Å². The fourth-order valence-corrected chi connectivity index (χ4v) is 0.604. The molecule has 0 unspecified atom stereocenters. The summed E-state index contributed by atoms with van der Waals surface area (Å²) in [6, 6.07) is 0. The van der Waals surface area contributed by atoms with Crippen molar-refractivity contribution in [1.82, 2.24) is 0 Å². The summed E-state index contributed by atoms with van der Waals surface area (Å²) in [4.78, 5) is 0.704. The predicted molar refractivity (Wildman–Crippen MR) is 39.8 cm³/mol. The van der Waals surface area contributed by atoms with Gasteiger partial charge in [-0.2, -0.15) is 0 Å². The molecule has 0 aliphatic heterocycles. The van der Waals surface area contributed by atoms with Gasteiger partial charge in [0.2, 0.25) is 0 Å². The largest absolute Gasteiger partial charge is 0.393 e. The van der Waals surface area contributed by atoms with Gasteiger partial charge in [-0.25, -0.2) is 0 Å².